The Morgan fingerprint density at radius 3 is 2.63 bits per heavy atom. The van der Waals surface area contributed by atoms with E-state index in [9.17, 15) is 19.2 Å². The van der Waals surface area contributed by atoms with Crippen molar-refractivity contribution in [3.8, 4) is 22.9 Å². The second-order valence-electron chi connectivity index (χ2n) is 7.54. The van der Waals surface area contributed by atoms with Gasteiger partial charge in [-0.25, -0.2) is 4.39 Å². The molecule has 1 saturated carbocycles. The van der Waals surface area contributed by atoms with Crippen LogP contribution in [0.5, 0.6) is 5.75 Å². The zero-order valence-electron chi connectivity index (χ0n) is 16.7. The van der Waals surface area contributed by atoms with E-state index in [1.165, 1.54) is 21.6 Å². The standard InChI is InChI=1S/C23H20FN3O3/c1-26(2)21(28)13-30-17-8-9-18-19(11-17)22(14-4-3-5-15(24)10-14)20(12-25)27(23(18)29)16-6-7-16/h3-5,8-11,16H,6-7,13H2,1-2H3. The van der Waals surface area contributed by atoms with Crippen molar-refractivity contribution in [2.45, 2.75) is 18.9 Å². The highest BCUT2D eigenvalue weighted by atomic mass is 19.1. The van der Waals surface area contributed by atoms with Gasteiger partial charge in [0.05, 0.1) is 0 Å². The topological polar surface area (TPSA) is 75.3 Å². The monoisotopic (exact) mass is 405 g/mol. The van der Waals surface area contributed by atoms with E-state index < -0.39 is 5.82 Å². The molecule has 30 heavy (non-hydrogen) atoms. The Kier molecular flexibility index (Phi) is 5.00. The third-order valence-electron chi connectivity index (χ3n) is 5.18. The predicted octanol–water partition coefficient (Wildman–Crippen LogP) is 3.48. The molecule has 0 N–H and O–H groups in total. The van der Waals surface area contributed by atoms with Gasteiger partial charge in [-0.2, -0.15) is 5.26 Å². The number of rotatable bonds is 5. The molecule has 0 spiro atoms. The highest BCUT2D eigenvalue weighted by Gasteiger charge is 2.30. The maximum absolute atomic E-state index is 14.0. The van der Waals surface area contributed by atoms with Crippen molar-refractivity contribution in [2.75, 3.05) is 20.7 Å². The van der Waals surface area contributed by atoms with Crippen LogP contribution in [0.2, 0.25) is 0 Å². The molecule has 0 aliphatic heterocycles. The maximum atomic E-state index is 14.0. The van der Waals surface area contributed by atoms with E-state index in [1.54, 1.807) is 44.4 Å². The van der Waals surface area contributed by atoms with Gasteiger partial charge in [0, 0.05) is 36.5 Å². The van der Waals surface area contributed by atoms with E-state index in [0.29, 0.717) is 27.6 Å². The van der Waals surface area contributed by atoms with Crippen LogP contribution in [0.25, 0.3) is 21.9 Å². The third kappa shape index (κ3) is 3.52. The summed E-state index contributed by atoms with van der Waals surface area (Å²) in [5.74, 6) is -0.247. The summed E-state index contributed by atoms with van der Waals surface area (Å²) in [7, 11) is 3.27. The van der Waals surface area contributed by atoms with E-state index in [1.807, 2.05) is 0 Å². The summed E-state index contributed by atoms with van der Waals surface area (Å²) in [5, 5.41) is 10.8. The molecule has 4 rings (SSSR count). The van der Waals surface area contributed by atoms with Crippen LogP contribution in [-0.4, -0.2) is 36.1 Å². The number of likely N-dealkylation sites (N-methyl/N-ethyl adjacent to an activating group) is 1. The maximum Gasteiger partial charge on any atom is 0.259 e. The highest BCUT2D eigenvalue weighted by molar-refractivity contribution is 5.99. The lowest BCUT2D eigenvalue weighted by Gasteiger charge is -2.17. The minimum absolute atomic E-state index is 0.0162. The number of fused-ring (bicyclic) bond motifs is 1. The fraction of sp³-hybridized carbons (Fsp3) is 0.261. The number of halogens is 1. The number of nitriles is 1. The molecule has 6 nitrogen and oxygen atoms in total. The Labute approximate surface area is 172 Å². The number of carbonyl (C=O) groups is 1. The first kappa shape index (κ1) is 19.6. The number of ether oxygens (including phenoxy) is 1. The van der Waals surface area contributed by atoms with Crippen molar-refractivity contribution in [3.63, 3.8) is 0 Å². The first-order valence-corrected chi connectivity index (χ1v) is 9.62. The summed E-state index contributed by atoms with van der Waals surface area (Å²) in [6, 6.07) is 13.0. The summed E-state index contributed by atoms with van der Waals surface area (Å²) in [4.78, 5) is 26.4. The Morgan fingerprint density at radius 2 is 2.00 bits per heavy atom. The lowest BCUT2D eigenvalue weighted by molar-refractivity contribution is -0.130. The Hall–Kier alpha value is -3.66. The van der Waals surface area contributed by atoms with Crippen LogP contribution in [0.4, 0.5) is 4.39 Å². The largest absolute Gasteiger partial charge is 0.484 e. The Morgan fingerprint density at radius 1 is 1.23 bits per heavy atom. The molecule has 3 aromatic rings. The first-order chi connectivity index (χ1) is 14.4. The third-order valence-corrected chi connectivity index (χ3v) is 5.18. The summed E-state index contributed by atoms with van der Waals surface area (Å²) in [5.41, 5.74) is 0.956. The molecule has 2 aromatic carbocycles. The second-order valence-corrected chi connectivity index (χ2v) is 7.54. The molecule has 0 radical (unpaired) electrons. The second kappa shape index (κ2) is 7.64. The zero-order chi connectivity index (χ0) is 21.4. The van der Waals surface area contributed by atoms with Gasteiger partial charge in [-0.15, -0.1) is 0 Å². The van der Waals surface area contributed by atoms with Gasteiger partial charge in [0.25, 0.3) is 11.5 Å². The molecule has 0 saturated heterocycles. The number of nitrogens with zero attached hydrogens (tertiary/aromatic N) is 3. The van der Waals surface area contributed by atoms with Crippen molar-refractivity contribution in [2.24, 2.45) is 0 Å². The molecule has 1 aliphatic rings. The van der Waals surface area contributed by atoms with Crippen molar-refractivity contribution in [1.29, 1.82) is 5.26 Å². The van der Waals surface area contributed by atoms with Gasteiger partial charge in [-0.3, -0.25) is 14.2 Å². The molecule has 1 aromatic heterocycles. The SMILES string of the molecule is CN(C)C(=O)COc1ccc2c(=O)n(C3CC3)c(C#N)c(-c3cccc(F)c3)c2c1. The molecule has 1 fully saturated rings. The van der Waals surface area contributed by atoms with Crippen LogP contribution in [0.3, 0.4) is 0 Å². The fourth-order valence-electron chi connectivity index (χ4n) is 3.49. The van der Waals surface area contributed by atoms with Gasteiger partial charge in [0.15, 0.2) is 6.61 Å². The molecule has 1 amide bonds. The summed E-state index contributed by atoms with van der Waals surface area (Å²) < 4.78 is 21.1. The molecule has 7 heteroatoms. The number of benzene rings is 2. The molecule has 1 heterocycles. The van der Waals surface area contributed by atoms with E-state index >= 15 is 0 Å². The zero-order valence-corrected chi connectivity index (χ0v) is 16.7. The van der Waals surface area contributed by atoms with Crippen LogP contribution in [0, 0.1) is 17.1 Å². The molecule has 0 atom stereocenters. The number of hydrogen-bond donors (Lipinski definition) is 0. The van der Waals surface area contributed by atoms with Crippen molar-refractivity contribution in [1.82, 2.24) is 9.47 Å². The predicted molar refractivity (Wildman–Crippen MR) is 111 cm³/mol. The van der Waals surface area contributed by atoms with Crippen LogP contribution in [0.15, 0.2) is 47.3 Å². The van der Waals surface area contributed by atoms with Crippen LogP contribution >= 0.6 is 0 Å². The number of aromatic nitrogens is 1. The van der Waals surface area contributed by atoms with E-state index in [4.69, 9.17) is 4.74 Å². The molecular formula is C23H20FN3O3. The lowest BCUT2D eigenvalue weighted by atomic mass is 9.96. The Bertz CT molecular complexity index is 1250. The fourth-order valence-corrected chi connectivity index (χ4v) is 3.49. The van der Waals surface area contributed by atoms with Gasteiger partial charge in [-0.05, 0) is 48.7 Å². The molecule has 0 unspecified atom stereocenters. The Balaban J connectivity index is 1.95. The van der Waals surface area contributed by atoms with E-state index in [-0.39, 0.29) is 29.8 Å². The first-order valence-electron chi connectivity index (χ1n) is 9.62. The van der Waals surface area contributed by atoms with Gasteiger partial charge < -0.3 is 9.64 Å². The summed E-state index contributed by atoms with van der Waals surface area (Å²) >= 11 is 0. The van der Waals surface area contributed by atoms with Gasteiger partial charge in [0.2, 0.25) is 0 Å². The number of carbonyl (C=O) groups excluding carboxylic acids is 1. The van der Waals surface area contributed by atoms with Crippen molar-refractivity contribution < 1.29 is 13.9 Å². The normalized spacial score (nSPS) is 13.1. The number of pyridine rings is 1. The summed E-state index contributed by atoms with van der Waals surface area (Å²) in [6.07, 6.45) is 1.66. The van der Waals surface area contributed by atoms with Crippen LogP contribution in [0.1, 0.15) is 24.6 Å². The smallest absolute Gasteiger partial charge is 0.259 e. The minimum atomic E-state index is -0.433. The van der Waals surface area contributed by atoms with Crippen LogP contribution < -0.4 is 10.3 Å². The minimum Gasteiger partial charge on any atom is -0.484 e. The molecule has 1 aliphatic carbocycles. The molecular weight excluding hydrogens is 385 g/mol. The highest BCUT2D eigenvalue weighted by Crippen LogP contribution is 2.39. The van der Waals surface area contributed by atoms with Crippen molar-refractivity contribution >= 4 is 16.7 Å². The quantitative estimate of drug-likeness (QED) is 0.651. The van der Waals surface area contributed by atoms with Gasteiger partial charge in [-0.1, -0.05) is 12.1 Å². The van der Waals surface area contributed by atoms with Gasteiger partial charge >= 0.3 is 0 Å². The van der Waals surface area contributed by atoms with E-state index in [2.05, 4.69) is 6.07 Å². The summed E-state index contributed by atoms with van der Waals surface area (Å²) in [6.45, 7) is -0.155. The van der Waals surface area contributed by atoms with Gasteiger partial charge in [0.1, 0.15) is 23.3 Å². The average molecular weight is 405 g/mol. The van der Waals surface area contributed by atoms with Crippen molar-refractivity contribution in [3.05, 3.63) is 64.3 Å². The average Bonchev–Trinajstić information content (AvgIpc) is 3.56. The van der Waals surface area contributed by atoms with E-state index in [0.717, 1.165) is 12.8 Å². The number of hydrogen-bond acceptors (Lipinski definition) is 4. The molecule has 0 bridgehead atoms. The van der Waals surface area contributed by atoms with Crippen LogP contribution in [-0.2, 0) is 4.79 Å². The molecule has 152 valence electrons. The lowest BCUT2D eigenvalue weighted by Crippen LogP contribution is -2.27. The number of amides is 1.